The summed E-state index contributed by atoms with van der Waals surface area (Å²) in [4.78, 5) is 19.0. The van der Waals surface area contributed by atoms with Crippen LogP contribution < -0.4 is 5.56 Å². The average Bonchev–Trinajstić information content (AvgIpc) is 2.94. The highest BCUT2D eigenvalue weighted by Gasteiger charge is 2.23. The molecular weight excluding hydrogens is 342 g/mol. The lowest BCUT2D eigenvalue weighted by molar-refractivity contribution is 0.584. The van der Waals surface area contributed by atoms with Gasteiger partial charge in [0.1, 0.15) is 21.9 Å². The van der Waals surface area contributed by atoms with Gasteiger partial charge in [-0.05, 0) is 40.9 Å². The van der Waals surface area contributed by atoms with Crippen molar-refractivity contribution in [3.8, 4) is 11.4 Å². The third-order valence-corrected chi connectivity index (χ3v) is 4.53. The van der Waals surface area contributed by atoms with Crippen molar-refractivity contribution in [1.29, 1.82) is 0 Å². The van der Waals surface area contributed by atoms with Crippen molar-refractivity contribution in [3.63, 3.8) is 0 Å². The number of nitrogens with one attached hydrogen (secondary N) is 1. The van der Waals surface area contributed by atoms with Crippen LogP contribution in [0.1, 0.15) is 37.3 Å². The van der Waals surface area contributed by atoms with Gasteiger partial charge in [0.15, 0.2) is 0 Å². The zero-order chi connectivity index (χ0) is 15.0. The van der Waals surface area contributed by atoms with Crippen molar-refractivity contribution in [3.05, 3.63) is 50.4 Å². The smallest absolute Gasteiger partial charge is 0.265 e. The Morgan fingerprint density at radius 3 is 2.38 bits per heavy atom. The molecule has 0 saturated heterocycles. The molecule has 1 aromatic heterocycles. The number of hydrogen-bond acceptors (Lipinski definition) is 2. The molecule has 2 aromatic rings. The molecule has 1 saturated carbocycles. The first-order valence-electron chi connectivity index (χ1n) is 6.81. The summed E-state index contributed by atoms with van der Waals surface area (Å²) < 4.78 is 27.1. The largest absolute Gasteiger partial charge is 0.306 e. The molecule has 1 fully saturated rings. The number of aromatic amines is 1. The van der Waals surface area contributed by atoms with E-state index in [2.05, 4.69) is 25.9 Å². The van der Waals surface area contributed by atoms with Gasteiger partial charge in [-0.2, -0.15) is 0 Å². The number of nitrogens with zero attached hydrogens (tertiary/aromatic N) is 1. The molecule has 1 aromatic carbocycles. The quantitative estimate of drug-likeness (QED) is 0.880. The maximum Gasteiger partial charge on any atom is 0.265 e. The summed E-state index contributed by atoms with van der Waals surface area (Å²) in [6.45, 7) is 0. The highest BCUT2D eigenvalue weighted by molar-refractivity contribution is 9.10. The van der Waals surface area contributed by atoms with Gasteiger partial charge < -0.3 is 4.98 Å². The van der Waals surface area contributed by atoms with E-state index in [0.29, 0.717) is 10.2 Å². The van der Waals surface area contributed by atoms with E-state index in [9.17, 15) is 13.6 Å². The van der Waals surface area contributed by atoms with Crippen LogP contribution in [0.5, 0.6) is 0 Å². The molecule has 0 aliphatic heterocycles. The molecule has 1 aliphatic carbocycles. The van der Waals surface area contributed by atoms with Crippen LogP contribution in [0.3, 0.4) is 0 Å². The van der Waals surface area contributed by atoms with Crippen LogP contribution in [0.2, 0.25) is 0 Å². The monoisotopic (exact) mass is 354 g/mol. The van der Waals surface area contributed by atoms with Gasteiger partial charge in [-0.1, -0.05) is 12.8 Å². The fraction of sp³-hybridized carbons (Fsp3) is 0.333. The Balaban J connectivity index is 2.12. The second-order valence-corrected chi connectivity index (χ2v) is 6.05. The van der Waals surface area contributed by atoms with Gasteiger partial charge in [0, 0.05) is 17.5 Å². The van der Waals surface area contributed by atoms with Crippen LogP contribution in [0, 0.1) is 11.6 Å². The zero-order valence-electron chi connectivity index (χ0n) is 11.1. The molecule has 1 N–H and O–H groups in total. The van der Waals surface area contributed by atoms with Crippen molar-refractivity contribution in [2.75, 3.05) is 0 Å². The minimum absolute atomic E-state index is 0.198. The summed E-state index contributed by atoms with van der Waals surface area (Å²) in [6, 6.07) is 3.11. The van der Waals surface area contributed by atoms with Crippen LogP contribution >= 0.6 is 15.9 Å². The fourth-order valence-corrected chi connectivity index (χ4v) is 3.28. The number of benzene rings is 1. The summed E-state index contributed by atoms with van der Waals surface area (Å²) in [5.74, 6) is -0.974. The van der Waals surface area contributed by atoms with E-state index in [4.69, 9.17) is 0 Å². The highest BCUT2D eigenvalue weighted by atomic mass is 79.9. The first kappa shape index (κ1) is 14.4. The fourth-order valence-electron chi connectivity index (χ4n) is 2.77. The maximum atomic E-state index is 13.3. The van der Waals surface area contributed by atoms with Gasteiger partial charge >= 0.3 is 0 Å². The Morgan fingerprint density at radius 1 is 1.14 bits per heavy atom. The maximum absolute atomic E-state index is 13.3. The van der Waals surface area contributed by atoms with E-state index in [1.165, 1.54) is 0 Å². The molecule has 0 amide bonds. The summed E-state index contributed by atoms with van der Waals surface area (Å²) in [5.41, 5.74) is 0.582. The van der Waals surface area contributed by atoms with Gasteiger partial charge in [-0.15, -0.1) is 0 Å². The van der Waals surface area contributed by atoms with E-state index in [-0.39, 0.29) is 22.9 Å². The Kier molecular flexibility index (Phi) is 3.89. The average molecular weight is 355 g/mol. The molecule has 0 radical (unpaired) electrons. The predicted octanol–water partition coefficient (Wildman–Crippen LogP) is 4.14. The van der Waals surface area contributed by atoms with Crippen molar-refractivity contribution >= 4 is 15.9 Å². The lowest BCUT2D eigenvalue weighted by atomic mass is 10.0. The van der Waals surface area contributed by atoms with E-state index in [0.717, 1.165) is 43.9 Å². The zero-order valence-corrected chi connectivity index (χ0v) is 12.7. The van der Waals surface area contributed by atoms with E-state index in [1.807, 2.05) is 0 Å². The van der Waals surface area contributed by atoms with Crippen LogP contribution in [-0.2, 0) is 0 Å². The van der Waals surface area contributed by atoms with E-state index in [1.54, 1.807) is 0 Å². The standard InChI is InChI=1S/C15H13BrF2N2O/c16-12-13(8-3-1-2-4-8)19-14(20-15(12)21)9-5-10(17)7-11(18)6-9/h5-8H,1-4H2,(H,19,20,21). The van der Waals surface area contributed by atoms with Gasteiger partial charge in [0.25, 0.3) is 5.56 Å². The molecular formula is C15H13BrF2N2O. The molecule has 1 aliphatic rings. The molecule has 3 rings (SSSR count). The molecule has 0 bridgehead atoms. The van der Waals surface area contributed by atoms with E-state index < -0.39 is 11.6 Å². The molecule has 3 nitrogen and oxygen atoms in total. The van der Waals surface area contributed by atoms with Crippen molar-refractivity contribution < 1.29 is 8.78 Å². The summed E-state index contributed by atoms with van der Waals surface area (Å²) in [6.07, 6.45) is 4.17. The highest BCUT2D eigenvalue weighted by Crippen LogP contribution is 2.36. The van der Waals surface area contributed by atoms with Crippen LogP contribution in [0.4, 0.5) is 8.78 Å². The number of rotatable bonds is 2. The number of H-pyrrole nitrogens is 1. The molecule has 0 unspecified atom stereocenters. The van der Waals surface area contributed by atoms with Gasteiger partial charge in [0.05, 0.1) is 5.69 Å². The summed E-state index contributed by atoms with van der Waals surface area (Å²) in [5, 5.41) is 0. The van der Waals surface area contributed by atoms with Gasteiger partial charge in [0.2, 0.25) is 0 Å². The lowest BCUT2D eigenvalue weighted by Crippen LogP contribution is -2.15. The Bertz CT molecular complexity index is 719. The Morgan fingerprint density at radius 2 is 1.76 bits per heavy atom. The normalized spacial score (nSPS) is 15.6. The molecule has 110 valence electrons. The first-order chi connectivity index (χ1) is 10.0. The Labute approximate surface area is 128 Å². The van der Waals surface area contributed by atoms with Crippen LogP contribution in [-0.4, -0.2) is 9.97 Å². The third kappa shape index (κ3) is 2.90. The Hall–Kier alpha value is -1.56. The second-order valence-electron chi connectivity index (χ2n) is 5.25. The van der Waals surface area contributed by atoms with Gasteiger partial charge in [-0.25, -0.2) is 13.8 Å². The minimum Gasteiger partial charge on any atom is -0.306 e. The first-order valence-corrected chi connectivity index (χ1v) is 7.60. The molecule has 0 atom stereocenters. The van der Waals surface area contributed by atoms with Crippen molar-refractivity contribution in [2.45, 2.75) is 31.6 Å². The lowest BCUT2D eigenvalue weighted by Gasteiger charge is -2.12. The molecule has 1 heterocycles. The summed E-state index contributed by atoms with van der Waals surface area (Å²) >= 11 is 3.27. The SMILES string of the molecule is O=c1[nH]c(-c2cc(F)cc(F)c2)nc(C2CCCC2)c1Br. The van der Waals surface area contributed by atoms with Crippen LogP contribution in [0.15, 0.2) is 27.5 Å². The molecule has 21 heavy (non-hydrogen) atoms. The summed E-state index contributed by atoms with van der Waals surface area (Å²) in [7, 11) is 0. The van der Waals surface area contributed by atoms with Crippen molar-refractivity contribution in [1.82, 2.24) is 9.97 Å². The topological polar surface area (TPSA) is 45.8 Å². The molecule has 0 spiro atoms. The van der Waals surface area contributed by atoms with E-state index >= 15 is 0 Å². The second kappa shape index (κ2) is 5.67. The minimum atomic E-state index is -0.696. The van der Waals surface area contributed by atoms with Crippen LogP contribution in [0.25, 0.3) is 11.4 Å². The number of halogens is 3. The number of aromatic nitrogens is 2. The predicted molar refractivity (Wildman–Crippen MR) is 79.1 cm³/mol. The molecule has 6 heteroatoms. The van der Waals surface area contributed by atoms with Gasteiger partial charge in [-0.3, -0.25) is 4.79 Å². The van der Waals surface area contributed by atoms with Crippen molar-refractivity contribution in [2.24, 2.45) is 0 Å². The third-order valence-electron chi connectivity index (χ3n) is 3.77. The number of hydrogen-bond donors (Lipinski definition) is 1.